The van der Waals surface area contributed by atoms with E-state index < -0.39 is 0 Å². The molecule has 0 spiro atoms. The van der Waals surface area contributed by atoms with Crippen molar-refractivity contribution in [2.45, 2.75) is 20.3 Å². The summed E-state index contributed by atoms with van der Waals surface area (Å²) >= 11 is 0. The second-order valence-electron chi connectivity index (χ2n) is 3.82. The average Bonchev–Trinajstić information content (AvgIpc) is 2.30. The summed E-state index contributed by atoms with van der Waals surface area (Å²) in [6.45, 7) is 8.62. The molecule has 0 fully saturated rings. The molecule has 3 N–H and O–H groups in total. The minimum absolute atomic E-state index is 0.709. The van der Waals surface area contributed by atoms with E-state index in [1.54, 1.807) is 12.4 Å². The number of nitrogen functional groups attached to an aromatic ring is 1. The van der Waals surface area contributed by atoms with Crippen molar-refractivity contribution in [3.63, 3.8) is 0 Å². The highest BCUT2D eigenvalue weighted by Gasteiger charge is 2.01. The molecule has 0 atom stereocenters. The van der Waals surface area contributed by atoms with E-state index in [1.165, 1.54) is 6.42 Å². The van der Waals surface area contributed by atoms with Crippen LogP contribution in [-0.4, -0.2) is 36.1 Å². The summed E-state index contributed by atoms with van der Waals surface area (Å²) in [7, 11) is 0. The van der Waals surface area contributed by atoms with E-state index in [0.29, 0.717) is 5.69 Å². The number of nitrogens with one attached hydrogen (secondary N) is 1. The van der Waals surface area contributed by atoms with Gasteiger partial charge in [-0.25, -0.2) is 0 Å². The standard InChI is InChI=1S/C12H22N4/c1-3-8-16(4-2)9-7-15-12-5-6-14-10-11(12)13/h5-6,10H,3-4,7-9,13H2,1-2H3,(H,14,15). The first-order valence-corrected chi connectivity index (χ1v) is 5.93. The SMILES string of the molecule is CCCN(CC)CCNc1ccncc1N. The van der Waals surface area contributed by atoms with E-state index in [9.17, 15) is 0 Å². The summed E-state index contributed by atoms with van der Waals surface area (Å²) in [6, 6.07) is 1.91. The number of rotatable bonds is 7. The van der Waals surface area contributed by atoms with Crippen LogP contribution in [0.5, 0.6) is 0 Å². The Morgan fingerprint density at radius 1 is 1.38 bits per heavy atom. The predicted molar refractivity (Wildman–Crippen MR) is 69.5 cm³/mol. The van der Waals surface area contributed by atoms with Crippen molar-refractivity contribution in [2.24, 2.45) is 0 Å². The highest BCUT2D eigenvalue weighted by Crippen LogP contribution is 2.14. The van der Waals surface area contributed by atoms with Crippen LogP contribution in [0, 0.1) is 0 Å². The lowest BCUT2D eigenvalue weighted by Crippen LogP contribution is -2.29. The Bertz CT molecular complexity index is 301. The van der Waals surface area contributed by atoms with Crippen molar-refractivity contribution in [3.8, 4) is 0 Å². The van der Waals surface area contributed by atoms with E-state index in [-0.39, 0.29) is 0 Å². The number of hydrogen-bond acceptors (Lipinski definition) is 4. The Kier molecular flexibility index (Phi) is 5.64. The Morgan fingerprint density at radius 2 is 2.19 bits per heavy atom. The number of nitrogens with zero attached hydrogens (tertiary/aromatic N) is 2. The maximum atomic E-state index is 5.79. The van der Waals surface area contributed by atoms with Crippen LogP contribution < -0.4 is 11.1 Å². The number of pyridine rings is 1. The summed E-state index contributed by atoms with van der Waals surface area (Å²) in [4.78, 5) is 6.38. The van der Waals surface area contributed by atoms with E-state index in [4.69, 9.17) is 5.73 Å². The number of anilines is 2. The molecule has 0 bridgehead atoms. The molecule has 0 aliphatic rings. The van der Waals surface area contributed by atoms with E-state index in [0.717, 1.165) is 31.9 Å². The lowest BCUT2D eigenvalue weighted by atomic mass is 10.3. The minimum atomic E-state index is 0.709. The molecule has 0 saturated heterocycles. The fraction of sp³-hybridized carbons (Fsp3) is 0.583. The molecule has 1 rings (SSSR count). The number of aromatic nitrogens is 1. The van der Waals surface area contributed by atoms with Gasteiger partial charge in [-0.05, 0) is 25.6 Å². The zero-order valence-corrected chi connectivity index (χ0v) is 10.2. The molecular formula is C12H22N4. The monoisotopic (exact) mass is 222 g/mol. The molecule has 0 unspecified atom stereocenters. The Balaban J connectivity index is 2.32. The van der Waals surface area contributed by atoms with Crippen molar-refractivity contribution in [1.82, 2.24) is 9.88 Å². The van der Waals surface area contributed by atoms with E-state index >= 15 is 0 Å². The topological polar surface area (TPSA) is 54.2 Å². The first-order valence-electron chi connectivity index (χ1n) is 5.93. The summed E-state index contributed by atoms with van der Waals surface area (Å²) in [5.41, 5.74) is 7.47. The lowest BCUT2D eigenvalue weighted by molar-refractivity contribution is 0.300. The zero-order chi connectivity index (χ0) is 11.8. The van der Waals surface area contributed by atoms with Crippen molar-refractivity contribution < 1.29 is 0 Å². The highest BCUT2D eigenvalue weighted by atomic mass is 15.1. The molecule has 0 aromatic carbocycles. The molecule has 1 heterocycles. The normalized spacial score (nSPS) is 10.7. The van der Waals surface area contributed by atoms with Crippen LogP contribution in [0.3, 0.4) is 0 Å². The molecule has 4 nitrogen and oxygen atoms in total. The van der Waals surface area contributed by atoms with Gasteiger partial charge in [0.1, 0.15) is 0 Å². The molecule has 90 valence electrons. The minimum Gasteiger partial charge on any atom is -0.396 e. The predicted octanol–water partition coefficient (Wildman–Crippen LogP) is 1.81. The van der Waals surface area contributed by atoms with Crippen LogP contribution in [0.2, 0.25) is 0 Å². The average molecular weight is 222 g/mol. The third kappa shape index (κ3) is 4.06. The molecule has 0 saturated carbocycles. The molecule has 1 aromatic heterocycles. The quantitative estimate of drug-likeness (QED) is 0.738. The Hall–Kier alpha value is -1.29. The van der Waals surface area contributed by atoms with Crippen molar-refractivity contribution in [2.75, 3.05) is 37.2 Å². The summed E-state index contributed by atoms with van der Waals surface area (Å²) in [5.74, 6) is 0. The largest absolute Gasteiger partial charge is 0.396 e. The van der Waals surface area contributed by atoms with E-state index in [2.05, 4.69) is 29.0 Å². The van der Waals surface area contributed by atoms with Crippen LogP contribution in [0.15, 0.2) is 18.5 Å². The first-order chi connectivity index (χ1) is 7.77. The Labute approximate surface area is 97.9 Å². The van der Waals surface area contributed by atoms with Crippen molar-refractivity contribution in [3.05, 3.63) is 18.5 Å². The van der Waals surface area contributed by atoms with Gasteiger partial charge in [-0.1, -0.05) is 13.8 Å². The van der Waals surface area contributed by atoms with Gasteiger partial charge in [0, 0.05) is 19.3 Å². The highest BCUT2D eigenvalue weighted by molar-refractivity contribution is 5.64. The van der Waals surface area contributed by atoms with Crippen LogP contribution in [0.25, 0.3) is 0 Å². The van der Waals surface area contributed by atoms with Crippen LogP contribution in [0.1, 0.15) is 20.3 Å². The maximum absolute atomic E-state index is 5.79. The molecule has 0 aliphatic heterocycles. The molecule has 16 heavy (non-hydrogen) atoms. The zero-order valence-electron chi connectivity index (χ0n) is 10.2. The van der Waals surface area contributed by atoms with Gasteiger partial charge in [0.15, 0.2) is 0 Å². The van der Waals surface area contributed by atoms with Gasteiger partial charge >= 0.3 is 0 Å². The molecule has 0 radical (unpaired) electrons. The number of hydrogen-bond donors (Lipinski definition) is 2. The lowest BCUT2D eigenvalue weighted by Gasteiger charge is -2.20. The number of nitrogens with two attached hydrogens (primary N) is 1. The second kappa shape index (κ2) is 7.06. The van der Waals surface area contributed by atoms with E-state index in [1.807, 2.05) is 6.07 Å². The summed E-state index contributed by atoms with van der Waals surface area (Å²) in [6.07, 6.45) is 4.62. The first kappa shape index (κ1) is 12.8. The molecular weight excluding hydrogens is 200 g/mol. The van der Waals surface area contributed by atoms with Gasteiger partial charge in [-0.3, -0.25) is 4.98 Å². The second-order valence-corrected chi connectivity index (χ2v) is 3.82. The van der Waals surface area contributed by atoms with Crippen LogP contribution in [0.4, 0.5) is 11.4 Å². The molecule has 0 amide bonds. The van der Waals surface area contributed by atoms with Gasteiger partial charge in [-0.2, -0.15) is 0 Å². The Morgan fingerprint density at radius 3 is 2.81 bits per heavy atom. The van der Waals surface area contributed by atoms with Gasteiger partial charge in [0.25, 0.3) is 0 Å². The molecule has 0 aliphatic carbocycles. The number of likely N-dealkylation sites (N-methyl/N-ethyl adjacent to an activating group) is 1. The fourth-order valence-corrected chi connectivity index (χ4v) is 1.66. The summed E-state index contributed by atoms with van der Waals surface area (Å²) in [5, 5.41) is 3.33. The van der Waals surface area contributed by atoms with Crippen molar-refractivity contribution >= 4 is 11.4 Å². The van der Waals surface area contributed by atoms with Crippen molar-refractivity contribution in [1.29, 1.82) is 0 Å². The maximum Gasteiger partial charge on any atom is 0.0736 e. The third-order valence-corrected chi connectivity index (χ3v) is 2.58. The van der Waals surface area contributed by atoms with Gasteiger partial charge in [0.05, 0.1) is 17.6 Å². The third-order valence-electron chi connectivity index (χ3n) is 2.58. The molecule has 4 heteroatoms. The van der Waals surface area contributed by atoms with Gasteiger partial charge < -0.3 is 16.0 Å². The fourth-order valence-electron chi connectivity index (χ4n) is 1.66. The van der Waals surface area contributed by atoms with Gasteiger partial charge in [0.2, 0.25) is 0 Å². The molecule has 1 aromatic rings. The van der Waals surface area contributed by atoms with Crippen LogP contribution in [-0.2, 0) is 0 Å². The summed E-state index contributed by atoms with van der Waals surface area (Å²) < 4.78 is 0. The van der Waals surface area contributed by atoms with Gasteiger partial charge in [-0.15, -0.1) is 0 Å². The van der Waals surface area contributed by atoms with Crippen LogP contribution >= 0.6 is 0 Å². The smallest absolute Gasteiger partial charge is 0.0736 e.